The van der Waals surface area contributed by atoms with Gasteiger partial charge in [-0.15, -0.1) is 11.3 Å². The molecule has 1 saturated carbocycles. The van der Waals surface area contributed by atoms with Crippen molar-refractivity contribution in [2.24, 2.45) is 0 Å². The van der Waals surface area contributed by atoms with Gasteiger partial charge >= 0.3 is 0 Å². The SMILES string of the molecule is CSC1(CNC(C)c2nc(C)sc2C)CCCC1. The van der Waals surface area contributed by atoms with Crippen molar-refractivity contribution in [2.75, 3.05) is 12.8 Å². The zero-order valence-corrected chi connectivity index (χ0v) is 13.5. The smallest absolute Gasteiger partial charge is 0.0900 e. The minimum atomic E-state index is 0.375. The topological polar surface area (TPSA) is 24.9 Å². The molecule has 1 aromatic heterocycles. The number of hydrogen-bond acceptors (Lipinski definition) is 4. The fraction of sp³-hybridized carbons (Fsp3) is 0.786. The van der Waals surface area contributed by atoms with E-state index in [4.69, 9.17) is 0 Å². The van der Waals surface area contributed by atoms with Crippen molar-refractivity contribution in [1.82, 2.24) is 10.3 Å². The summed E-state index contributed by atoms with van der Waals surface area (Å²) in [5, 5.41) is 4.89. The molecule has 0 amide bonds. The van der Waals surface area contributed by atoms with Crippen LogP contribution in [0.1, 0.15) is 54.2 Å². The molecule has 4 heteroatoms. The van der Waals surface area contributed by atoms with Crippen LogP contribution in [0.4, 0.5) is 0 Å². The highest BCUT2D eigenvalue weighted by atomic mass is 32.2. The Morgan fingerprint density at radius 2 is 2.06 bits per heavy atom. The third-order valence-electron chi connectivity index (χ3n) is 4.03. The maximum atomic E-state index is 4.65. The average Bonchev–Trinajstić information content (AvgIpc) is 2.94. The summed E-state index contributed by atoms with van der Waals surface area (Å²) in [5.41, 5.74) is 1.24. The number of nitrogens with one attached hydrogen (secondary N) is 1. The number of hydrogen-bond donors (Lipinski definition) is 1. The molecule has 1 aliphatic rings. The van der Waals surface area contributed by atoms with E-state index in [9.17, 15) is 0 Å². The van der Waals surface area contributed by atoms with Gasteiger partial charge in [0.05, 0.1) is 10.7 Å². The van der Waals surface area contributed by atoms with Gasteiger partial charge in [0, 0.05) is 22.2 Å². The number of aryl methyl sites for hydroxylation is 2. The molecule has 0 aromatic carbocycles. The first-order valence-corrected chi connectivity index (χ1v) is 8.83. The number of aromatic nitrogens is 1. The highest BCUT2D eigenvalue weighted by Crippen LogP contribution is 2.40. The van der Waals surface area contributed by atoms with Gasteiger partial charge in [0.15, 0.2) is 0 Å². The van der Waals surface area contributed by atoms with Crippen molar-refractivity contribution < 1.29 is 0 Å². The summed E-state index contributed by atoms with van der Waals surface area (Å²) in [5.74, 6) is 0. The van der Waals surface area contributed by atoms with Crippen LogP contribution in [-0.4, -0.2) is 22.5 Å². The Labute approximate surface area is 119 Å². The van der Waals surface area contributed by atoms with E-state index in [1.165, 1.54) is 41.3 Å². The molecule has 1 unspecified atom stereocenters. The van der Waals surface area contributed by atoms with E-state index in [1.54, 1.807) is 11.3 Å². The Morgan fingerprint density at radius 1 is 1.39 bits per heavy atom. The highest BCUT2D eigenvalue weighted by molar-refractivity contribution is 8.00. The molecule has 1 aliphatic carbocycles. The lowest BCUT2D eigenvalue weighted by molar-refractivity contribution is 0.480. The van der Waals surface area contributed by atoms with Crippen LogP contribution in [-0.2, 0) is 0 Å². The molecule has 1 fully saturated rings. The molecular weight excluding hydrogens is 260 g/mol. The van der Waals surface area contributed by atoms with E-state index >= 15 is 0 Å². The van der Waals surface area contributed by atoms with E-state index < -0.39 is 0 Å². The van der Waals surface area contributed by atoms with E-state index in [2.05, 4.69) is 37.3 Å². The molecule has 0 bridgehead atoms. The maximum absolute atomic E-state index is 4.65. The van der Waals surface area contributed by atoms with Gasteiger partial charge in [-0.1, -0.05) is 12.8 Å². The Balaban J connectivity index is 1.95. The van der Waals surface area contributed by atoms with Crippen LogP contribution < -0.4 is 5.32 Å². The summed E-state index contributed by atoms with van der Waals surface area (Å²) < 4.78 is 0.479. The highest BCUT2D eigenvalue weighted by Gasteiger charge is 2.33. The third kappa shape index (κ3) is 3.09. The first-order chi connectivity index (χ1) is 8.56. The zero-order chi connectivity index (χ0) is 13.2. The molecule has 0 radical (unpaired) electrons. The second-order valence-electron chi connectivity index (χ2n) is 5.37. The zero-order valence-electron chi connectivity index (χ0n) is 11.9. The van der Waals surface area contributed by atoms with Gasteiger partial charge in [-0.2, -0.15) is 11.8 Å². The second-order valence-corrected chi connectivity index (χ2v) is 8.05. The van der Waals surface area contributed by atoms with Gasteiger partial charge < -0.3 is 5.32 Å². The molecule has 1 atom stereocenters. The monoisotopic (exact) mass is 284 g/mol. The molecule has 0 spiro atoms. The van der Waals surface area contributed by atoms with Crippen LogP contribution in [0.3, 0.4) is 0 Å². The number of thioether (sulfide) groups is 1. The van der Waals surface area contributed by atoms with Crippen molar-refractivity contribution >= 4 is 23.1 Å². The summed E-state index contributed by atoms with van der Waals surface area (Å²) in [6.07, 6.45) is 7.78. The lowest BCUT2D eigenvalue weighted by Crippen LogP contribution is -2.36. The van der Waals surface area contributed by atoms with Gasteiger partial charge in [-0.05, 0) is 39.9 Å². The van der Waals surface area contributed by atoms with Gasteiger partial charge in [0.25, 0.3) is 0 Å². The first kappa shape index (κ1) is 14.4. The Bertz CT molecular complexity index is 394. The lowest BCUT2D eigenvalue weighted by Gasteiger charge is -2.28. The minimum absolute atomic E-state index is 0.375. The summed E-state index contributed by atoms with van der Waals surface area (Å²) in [7, 11) is 0. The van der Waals surface area contributed by atoms with Crippen LogP contribution in [0.5, 0.6) is 0 Å². The summed E-state index contributed by atoms with van der Waals surface area (Å²) in [4.78, 5) is 6.01. The molecule has 18 heavy (non-hydrogen) atoms. The van der Waals surface area contributed by atoms with Crippen LogP contribution in [0.2, 0.25) is 0 Å². The fourth-order valence-corrected chi connectivity index (χ4v) is 4.69. The molecular formula is C14H24N2S2. The second kappa shape index (κ2) is 5.93. The van der Waals surface area contributed by atoms with Gasteiger partial charge in [0.1, 0.15) is 0 Å². The lowest BCUT2D eigenvalue weighted by atomic mass is 10.1. The van der Waals surface area contributed by atoms with Gasteiger partial charge in [-0.3, -0.25) is 0 Å². The standard InChI is InChI=1S/C14H24N2S2/c1-10(13-11(2)18-12(3)16-13)15-9-14(17-4)7-5-6-8-14/h10,15H,5-9H2,1-4H3. The van der Waals surface area contributed by atoms with Crippen molar-refractivity contribution in [3.63, 3.8) is 0 Å². The molecule has 1 N–H and O–H groups in total. The number of rotatable bonds is 5. The van der Waals surface area contributed by atoms with Gasteiger partial charge in [0.2, 0.25) is 0 Å². The minimum Gasteiger partial charge on any atom is -0.307 e. The van der Waals surface area contributed by atoms with Crippen molar-refractivity contribution in [3.8, 4) is 0 Å². The van der Waals surface area contributed by atoms with E-state index in [0.29, 0.717) is 10.8 Å². The Hall–Kier alpha value is -0.0600. The molecule has 1 heterocycles. The van der Waals surface area contributed by atoms with Crippen LogP contribution in [0, 0.1) is 13.8 Å². The van der Waals surface area contributed by atoms with E-state index in [-0.39, 0.29) is 0 Å². The molecule has 1 aromatic rings. The third-order valence-corrected chi connectivity index (χ3v) is 6.35. The molecule has 2 nitrogen and oxygen atoms in total. The predicted molar refractivity (Wildman–Crippen MR) is 82.7 cm³/mol. The Morgan fingerprint density at radius 3 is 2.56 bits per heavy atom. The van der Waals surface area contributed by atoms with Crippen molar-refractivity contribution in [3.05, 3.63) is 15.6 Å². The maximum Gasteiger partial charge on any atom is 0.0900 e. The quantitative estimate of drug-likeness (QED) is 0.881. The summed E-state index contributed by atoms with van der Waals surface area (Å²) >= 11 is 3.85. The van der Waals surface area contributed by atoms with E-state index in [1.807, 2.05) is 11.8 Å². The van der Waals surface area contributed by atoms with Crippen molar-refractivity contribution in [2.45, 2.75) is 57.2 Å². The van der Waals surface area contributed by atoms with Crippen LogP contribution in [0.15, 0.2) is 0 Å². The van der Waals surface area contributed by atoms with Gasteiger partial charge in [-0.25, -0.2) is 4.98 Å². The number of nitrogens with zero attached hydrogens (tertiary/aromatic N) is 1. The fourth-order valence-electron chi connectivity index (χ4n) is 2.85. The first-order valence-electron chi connectivity index (χ1n) is 6.79. The van der Waals surface area contributed by atoms with Crippen LogP contribution in [0.25, 0.3) is 0 Å². The molecule has 0 aliphatic heterocycles. The predicted octanol–water partition coefficient (Wildman–Crippen LogP) is 4.09. The largest absolute Gasteiger partial charge is 0.307 e. The molecule has 102 valence electrons. The normalized spacial score (nSPS) is 20.2. The average molecular weight is 284 g/mol. The van der Waals surface area contributed by atoms with Crippen molar-refractivity contribution in [1.29, 1.82) is 0 Å². The Kier molecular flexibility index (Phi) is 4.73. The molecule has 0 saturated heterocycles. The number of thiazole rings is 1. The van der Waals surface area contributed by atoms with Crippen LogP contribution >= 0.6 is 23.1 Å². The summed E-state index contributed by atoms with van der Waals surface area (Å²) in [6.45, 7) is 7.63. The molecule has 2 rings (SSSR count). The summed E-state index contributed by atoms with van der Waals surface area (Å²) in [6, 6.07) is 0.375. The van der Waals surface area contributed by atoms with E-state index in [0.717, 1.165) is 6.54 Å².